The quantitative estimate of drug-likeness (QED) is 0.595. The molecular weight excluding hydrogens is 294 g/mol. The average molecular weight is 323 g/mol. The Bertz CT molecular complexity index is 377. The van der Waals surface area contributed by atoms with Crippen LogP contribution in [0.1, 0.15) is 51.5 Å². The molecule has 1 aliphatic heterocycles. The molecule has 1 saturated heterocycles. The minimum atomic E-state index is 1.19. The SMILES string of the molecule is CCCCN(CCCC)c1ccc([C]2SCCCS2)cc1. The second-order valence-electron chi connectivity index (χ2n) is 5.58. The van der Waals surface area contributed by atoms with E-state index in [-0.39, 0.29) is 0 Å². The Balaban J connectivity index is 1.99. The number of anilines is 1. The highest BCUT2D eigenvalue weighted by molar-refractivity contribution is 8.21. The number of nitrogens with zero attached hydrogens (tertiary/aromatic N) is 1. The topological polar surface area (TPSA) is 3.24 Å². The second kappa shape index (κ2) is 9.68. The van der Waals surface area contributed by atoms with Gasteiger partial charge in [-0.3, -0.25) is 0 Å². The smallest absolute Gasteiger partial charge is 0.114 e. The van der Waals surface area contributed by atoms with E-state index in [1.54, 1.807) is 0 Å². The second-order valence-corrected chi connectivity index (χ2v) is 8.05. The number of thioether (sulfide) groups is 2. The van der Waals surface area contributed by atoms with Gasteiger partial charge in [0.2, 0.25) is 0 Å². The molecule has 0 N–H and O–H groups in total. The van der Waals surface area contributed by atoms with E-state index in [0.717, 1.165) is 0 Å². The van der Waals surface area contributed by atoms with Crippen LogP contribution in [0.5, 0.6) is 0 Å². The predicted molar refractivity (Wildman–Crippen MR) is 100 cm³/mol. The third kappa shape index (κ3) is 5.45. The summed E-state index contributed by atoms with van der Waals surface area (Å²) in [5.74, 6) is 2.56. The molecule has 1 aliphatic rings. The first-order chi connectivity index (χ1) is 10.3. The van der Waals surface area contributed by atoms with Gasteiger partial charge in [-0.2, -0.15) is 0 Å². The van der Waals surface area contributed by atoms with Gasteiger partial charge in [0, 0.05) is 18.8 Å². The van der Waals surface area contributed by atoms with Gasteiger partial charge in [-0.15, -0.1) is 23.5 Å². The van der Waals surface area contributed by atoms with Crippen molar-refractivity contribution < 1.29 is 0 Å². The molecule has 0 aliphatic carbocycles. The predicted octanol–water partition coefficient (Wildman–Crippen LogP) is 5.80. The van der Waals surface area contributed by atoms with Crippen LogP contribution in [0, 0.1) is 4.58 Å². The van der Waals surface area contributed by atoms with Crippen LogP contribution in [0.4, 0.5) is 5.69 Å². The van der Waals surface area contributed by atoms with Crippen LogP contribution in [0.15, 0.2) is 24.3 Å². The molecule has 1 radical (unpaired) electrons. The van der Waals surface area contributed by atoms with Crippen molar-refractivity contribution in [2.24, 2.45) is 0 Å². The average Bonchev–Trinajstić information content (AvgIpc) is 2.56. The van der Waals surface area contributed by atoms with E-state index in [4.69, 9.17) is 0 Å². The first-order valence-electron chi connectivity index (χ1n) is 8.33. The summed E-state index contributed by atoms with van der Waals surface area (Å²) in [6.45, 7) is 6.93. The molecule has 1 nitrogen and oxygen atoms in total. The van der Waals surface area contributed by atoms with E-state index in [9.17, 15) is 0 Å². The maximum absolute atomic E-state index is 2.56. The fourth-order valence-electron chi connectivity index (χ4n) is 2.47. The molecule has 1 heterocycles. The van der Waals surface area contributed by atoms with E-state index < -0.39 is 0 Å². The van der Waals surface area contributed by atoms with E-state index in [0.29, 0.717) is 0 Å². The van der Waals surface area contributed by atoms with Gasteiger partial charge in [-0.05, 0) is 48.5 Å². The van der Waals surface area contributed by atoms with Crippen LogP contribution >= 0.6 is 23.5 Å². The van der Waals surface area contributed by atoms with Gasteiger partial charge in [0.1, 0.15) is 4.58 Å². The summed E-state index contributed by atoms with van der Waals surface area (Å²) in [6.07, 6.45) is 6.46. The van der Waals surface area contributed by atoms with Crippen molar-refractivity contribution in [3.05, 3.63) is 34.4 Å². The zero-order chi connectivity index (χ0) is 14.9. The summed E-state index contributed by atoms with van der Waals surface area (Å²) in [4.78, 5) is 2.56. The summed E-state index contributed by atoms with van der Waals surface area (Å²) >= 11 is 4.05. The number of benzene rings is 1. The van der Waals surface area contributed by atoms with E-state index in [1.165, 1.54) is 72.5 Å². The van der Waals surface area contributed by atoms with Crippen LogP contribution in [0.3, 0.4) is 0 Å². The Hall–Kier alpha value is -0.280. The van der Waals surface area contributed by atoms with Crippen molar-refractivity contribution >= 4 is 29.2 Å². The third-order valence-corrected chi connectivity index (χ3v) is 6.47. The van der Waals surface area contributed by atoms with E-state index in [1.807, 2.05) is 23.5 Å². The lowest BCUT2D eigenvalue weighted by Gasteiger charge is -2.26. The third-order valence-electron chi connectivity index (χ3n) is 3.79. The van der Waals surface area contributed by atoms with Crippen LogP contribution in [0.2, 0.25) is 0 Å². The first kappa shape index (κ1) is 17.1. The Labute approximate surface area is 139 Å². The lowest BCUT2D eigenvalue weighted by molar-refractivity contribution is 0.678. The normalized spacial score (nSPS) is 16.1. The molecule has 21 heavy (non-hydrogen) atoms. The Kier molecular flexibility index (Phi) is 7.87. The highest BCUT2D eigenvalue weighted by Crippen LogP contribution is 2.42. The summed E-state index contributed by atoms with van der Waals surface area (Å²) < 4.78 is 1.52. The van der Waals surface area contributed by atoms with Gasteiger partial charge in [-0.25, -0.2) is 0 Å². The maximum atomic E-state index is 2.56. The molecule has 0 saturated carbocycles. The Morgan fingerprint density at radius 1 is 0.905 bits per heavy atom. The highest BCUT2D eigenvalue weighted by Gasteiger charge is 2.17. The minimum absolute atomic E-state index is 1.19. The molecule has 1 aromatic rings. The molecule has 2 rings (SSSR count). The molecule has 0 amide bonds. The largest absolute Gasteiger partial charge is 0.372 e. The maximum Gasteiger partial charge on any atom is 0.114 e. The van der Waals surface area contributed by atoms with Crippen molar-refractivity contribution in [2.75, 3.05) is 29.5 Å². The number of rotatable bonds is 8. The molecule has 0 bridgehead atoms. The van der Waals surface area contributed by atoms with E-state index >= 15 is 0 Å². The molecule has 0 aromatic heterocycles. The van der Waals surface area contributed by atoms with Crippen molar-refractivity contribution in [2.45, 2.75) is 46.0 Å². The zero-order valence-electron chi connectivity index (χ0n) is 13.4. The summed E-state index contributed by atoms with van der Waals surface area (Å²) in [5, 5.41) is 0. The monoisotopic (exact) mass is 322 g/mol. The van der Waals surface area contributed by atoms with Crippen molar-refractivity contribution in [3.63, 3.8) is 0 Å². The fourth-order valence-corrected chi connectivity index (χ4v) is 5.04. The van der Waals surface area contributed by atoms with Crippen LogP contribution in [-0.4, -0.2) is 24.6 Å². The van der Waals surface area contributed by atoms with Gasteiger partial charge < -0.3 is 4.90 Å². The molecular formula is C18H28NS2. The van der Waals surface area contributed by atoms with Crippen LogP contribution in [0.25, 0.3) is 0 Å². The Morgan fingerprint density at radius 3 is 2.00 bits per heavy atom. The van der Waals surface area contributed by atoms with Gasteiger partial charge >= 0.3 is 0 Å². The molecule has 1 fully saturated rings. The minimum Gasteiger partial charge on any atom is -0.372 e. The molecule has 0 unspecified atom stereocenters. The van der Waals surface area contributed by atoms with Crippen LogP contribution in [-0.2, 0) is 0 Å². The number of unbranched alkanes of at least 4 members (excludes halogenated alkanes) is 2. The van der Waals surface area contributed by atoms with Crippen molar-refractivity contribution in [1.82, 2.24) is 0 Å². The summed E-state index contributed by atoms with van der Waals surface area (Å²) in [6, 6.07) is 9.29. The van der Waals surface area contributed by atoms with Gasteiger partial charge in [0.05, 0.1) is 0 Å². The van der Waals surface area contributed by atoms with Crippen molar-refractivity contribution in [3.8, 4) is 0 Å². The number of hydrogen-bond acceptors (Lipinski definition) is 3. The van der Waals surface area contributed by atoms with Crippen molar-refractivity contribution in [1.29, 1.82) is 0 Å². The fraction of sp³-hybridized carbons (Fsp3) is 0.611. The lowest BCUT2D eigenvalue weighted by atomic mass is 10.2. The molecule has 0 spiro atoms. The Morgan fingerprint density at radius 2 is 1.48 bits per heavy atom. The van der Waals surface area contributed by atoms with Gasteiger partial charge in [-0.1, -0.05) is 38.8 Å². The molecule has 1 aromatic carbocycles. The van der Waals surface area contributed by atoms with Gasteiger partial charge in [0.25, 0.3) is 0 Å². The number of hydrogen-bond donors (Lipinski definition) is 0. The molecule has 3 heteroatoms. The highest BCUT2D eigenvalue weighted by atomic mass is 32.2. The first-order valence-corrected chi connectivity index (χ1v) is 10.3. The zero-order valence-corrected chi connectivity index (χ0v) is 15.1. The molecule has 117 valence electrons. The lowest BCUT2D eigenvalue weighted by Crippen LogP contribution is -2.25. The summed E-state index contributed by atoms with van der Waals surface area (Å²) in [5.41, 5.74) is 2.81. The summed E-state index contributed by atoms with van der Waals surface area (Å²) in [7, 11) is 0. The standard InChI is InChI=1S/C18H28NS2/c1-3-5-12-19(13-6-4-2)17-10-8-16(9-11-17)18-20-14-7-15-21-18/h8-11H,3-7,12-15H2,1-2H3. The molecule has 0 atom stereocenters. The van der Waals surface area contributed by atoms with Crippen LogP contribution < -0.4 is 4.90 Å². The van der Waals surface area contributed by atoms with Gasteiger partial charge in [0.15, 0.2) is 0 Å². The van der Waals surface area contributed by atoms with E-state index in [2.05, 4.69) is 43.0 Å².